The molecule has 8 heteroatoms. The lowest BCUT2D eigenvalue weighted by Crippen LogP contribution is -2.49. The van der Waals surface area contributed by atoms with Crippen molar-refractivity contribution in [2.24, 2.45) is 5.73 Å². The van der Waals surface area contributed by atoms with Gasteiger partial charge in [0.15, 0.2) is 5.82 Å². The number of piperazine rings is 1. The molecule has 3 rings (SSSR count). The van der Waals surface area contributed by atoms with Crippen molar-refractivity contribution in [1.29, 1.82) is 0 Å². The number of aromatic nitrogens is 2. The molecule has 1 aliphatic heterocycles. The zero-order valence-corrected chi connectivity index (χ0v) is 12.8. The van der Waals surface area contributed by atoms with Gasteiger partial charge in [0, 0.05) is 13.1 Å². The van der Waals surface area contributed by atoms with Crippen molar-refractivity contribution in [3.8, 4) is 0 Å². The van der Waals surface area contributed by atoms with Gasteiger partial charge in [-0.05, 0) is 5.56 Å². The molecule has 118 valence electrons. The highest BCUT2D eigenvalue weighted by molar-refractivity contribution is 5.85. The summed E-state index contributed by atoms with van der Waals surface area (Å²) in [7, 11) is 0. The lowest BCUT2D eigenvalue weighted by atomic mass is 10.0. The van der Waals surface area contributed by atoms with E-state index in [2.05, 4.69) is 15.5 Å². The maximum Gasteiger partial charge on any atom is 0.242 e. The molecule has 1 aliphatic rings. The van der Waals surface area contributed by atoms with Gasteiger partial charge in [-0.15, -0.1) is 12.4 Å². The van der Waals surface area contributed by atoms with Crippen LogP contribution in [-0.4, -0.2) is 34.0 Å². The second-order valence-corrected chi connectivity index (χ2v) is 4.88. The summed E-state index contributed by atoms with van der Waals surface area (Å²) in [6.07, 6.45) is 0. The number of halogens is 1. The van der Waals surface area contributed by atoms with E-state index >= 15 is 0 Å². The molecule has 0 saturated carbocycles. The predicted molar refractivity (Wildman–Crippen MR) is 82.0 cm³/mol. The van der Waals surface area contributed by atoms with Crippen molar-refractivity contribution in [2.45, 2.75) is 19.1 Å². The normalized spacial score (nSPS) is 18.6. The maximum absolute atomic E-state index is 12.2. The Morgan fingerprint density at radius 2 is 2.14 bits per heavy atom. The third-order valence-electron chi connectivity index (χ3n) is 3.46. The Bertz CT molecular complexity index is 619. The Hall–Kier alpha value is -1.96. The molecule has 3 N–H and O–H groups in total. The van der Waals surface area contributed by atoms with E-state index in [1.165, 1.54) is 0 Å². The van der Waals surface area contributed by atoms with Crippen LogP contribution in [0, 0.1) is 0 Å². The van der Waals surface area contributed by atoms with Gasteiger partial charge >= 0.3 is 0 Å². The Morgan fingerprint density at radius 1 is 1.36 bits per heavy atom. The first kappa shape index (κ1) is 16.4. The first-order valence-electron chi connectivity index (χ1n) is 6.86. The first-order valence-corrected chi connectivity index (χ1v) is 6.86. The molecule has 0 spiro atoms. The van der Waals surface area contributed by atoms with Gasteiger partial charge in [-0.2, -0.15) is 4.98 Å². The smallest absolute Gasteiger partial charge is 0.242 e. The van der Waals surface area contributed by atoms with E-state index in [1.807, 2.05) is 35.2 Å². The van der Waals surface area contributed by atoms with Gasteiger partial charge < -0.3 is 15.6 Å². The van der Waals surface area contributed by atoms with Gasteiger partial charge in [0.1, 0.15) is 6.04 Å². The summed E-state index contributed by atoms with van der Waals surface area (Å²) in [5, 5.41) is 6.79. The van der Waals surface area contributed by atoms with E-state index in [9.17, 15) is 4.79 Å². The largest absolute Gasteiger partial charge is 0.353 e. The number of hydrogen-bond donors (Lipinski definition) is 2. The number of nitrogens with zero attached hydrogens (tertiary/aromatic N) is 3. The molecule has 1 aromatic carbocycles. The molecular weight excluding hydrogens is 306 g/mol. The average molecular weight is 324 g/mol. The van der Waals surface area contributed by atoms with Crippen LogP contribution >= 0.6 is 12.4 Å². The Labute approximate surface area is 134 Å². The van der Waals surface area contributed by atoms with Crippen LogP contribution in [0.3, 0.4) is 0 Å². The highest BCUT2D eigenvalue weighted by Gasteiger charge is 2.31. The third kappa shape index (κ3) is 3.44. The van der Waals surface area contributed by atoms with Crippen molar-refractivity contribution >= 4 is 18.3 Å². The average Bonchev–Trinajstić information content (AvgIpc) is 2.96. The molecule has 0 aliphatic carbocycles. The molecule has 1 saturated heterocycles. The molecule has 7 nitrogen and oxygen atoms in total. The molecule has 1 atom stereocenters. The quantitative estimate of drug-likeness (QED) is 0.856. The van der Waals surface area contributed by atoms with E-state index in [0.717, 1.165) is 12.1 Å². The molecule has 2 aromatic rings. The summed E-state index contributed by atoms with van der Waals surface area (Å²) in [5.41, 5.74) is 6.42. The van der Waals surface area contributed by atoms with Crippen molar-refractivity contribution in [1.82, 2.24) is 20.4 Å². The van der Waals surface area contributed by atoms with Crippen molar-refractivity contribution < 1.29 is 9.32 Å². The van der Waals surface area contributed by atoms with E-state index in [0.29, 0.717) is 24.8 Å². The molecule has 1 amide bonds. The van der Waals surface area contributed by atoms with Gasteiger partial charge in [-0.25, -0.2) is 0 Å². The van der Waals surface area contributed by atoms with E-state index < -0.39 is 0 Å². The first-order chi connectivity index (χ1) is 10.3. The van der Waals surface area contributed by atoms with Crippen molar-refractivity contribution in [2.75, 3.05) is 13.1 Å². The zero-order chi connectivity index (χ0) is 14.7. The number of hydrogen-bond acceptors (Lipinski definition) is 6. The summed E-state index contributed by atoms with van der Waals surface area (Å²) >= 11 is 0. The third-order valence-corrected chi connectivity index (χ3v) is 3.46. The fourth-order valence-electron chi connectivity index (χ4n) is 2.50. The predicted octanol–water partition coefficient (Wildman–Crippen LogP) is 0.623. The van der Waals surface area contributed by atoms with Crippen molar-refractivity contribution in [3.05, 3.63) is 47.6 Å². The van der Waals surface area contributed by atoms with Gasteiger partial charge in [-0.1, -0.05) is 35.5 Å². The molecule has 2 heterocycles. The summed E-state index contributed by atoms with van der Waals surface area (Å²) < 4.78 is 5.01. The number of nitrogens with two attached hydrogens (primary N) is 1. The second-order valence-electron chi connectivity index (χ2n) is 4.88. The minimum absolute atomic E-state index is 0. The summed E-state index contributed by atoms with van der Waals surface area (Å²) in [6, 6.07) is 9.35. The molecule has 1 unspecified atom stereocenters. The molecule has 1 aromatic heterocycles. The van der Waals surface area contributed by atoms with Crippen LogP contribution in [0.2, 0.25) is 0 Å². The van der Waals surface area contributed by atoms with Crippen LogP contribution in [0.4, 0.5) is 0 Å². The number of carbonyl (C=O) groups excluding carboxylic acids is 1. The monoisotopic (exact) mass is 323 g/mol. The summed E-state index contributed by atoms with van der Waals surface area (Å²) in [4.78, 5) is 18.5. The maximum atomic E-state index is 12.2. The van der Waals surface area contributed by atoms with Crippen LogP contribution in [0.25, 0.3) is 0 Å². The molecule has 0 radical (unpaired) electrons. The van der Waals surface area contributed by atoms with Gasteiger partial charge in [0.05, 0.1) is 13.1 Å². The Kier molecular flexibility index (Phi) is 5.48. The second kappa shape index (κ2) is 7.35. The van der Waals surface area contributed by atoms with E-state index in [4.69, 9.17) is 10.3 Å². The van der Waals surface area contributed by atoms with Gasteiger partial charge in [0.25, 0.3) is 0 Å². The molecular formula is C14H18ClN5O2. The summed E-state index contributed by atoms with van der Waals surface area (Å²) in [6.45, 7) is 2.02. The van der Waals surface area contributed by atoms with Crippen molar-refractivity contribution in [3.63, 3.8) is 0 Å². The number of amides is 1. The van der Waals surface area contributed by atoms with Crippen LogP contribution in [-0.2, 0) is 17.9 Å². The number of carbonyl (C=O) groups is 1. The fourth-order valence-corrected chi connectivity index (χ4v) is 2.50. The van der Waals surface area contributed by atoms with Crippen LogP contribution < -0.4 is 11.1 Å². The minimum Gasteiger partial charge on any atom is -0.353 e. The van der Waals surface area contributed by atoms with E-state index in [-0.39, 0.29) is 30.9 Å². The number of benzene rings is 1. The molecule has 0 bridgehead atoms. The lowest BCUT2D eigenvalue weighted by molar-refractivity contribution is -0.129. The Morgan fingerprint density at radius 3 is 2.82 bits per heavy atom. The topological polar surface area (TPSA) is 97.3 Å². The van der Waals surface area contributed by atoms with Gasteiger partial charge in [0.2, 0.25) is 11.8 Å². The number of rotatable bonds is 4. The zero-order valence-electron chi connectivity index (χ0n) is 11.9. The van der Waals surface area contributed by atoms with Crippen LogP contribution in [0.15, 0.2) is 34.9 Å². The SMILES string of the molecule is Cl.NCc1nc(CN2CCNC(=O)C2c2ccccc2)no1. The van der Waals surface area contributed by atoms with Gasteiger partial charge in [-0.3, -0.25) is 9.69 Å². The minimum atomic E-state index is -0.334. The number of nitrogens with one attached hydrogen (secondary N) is 1. The van der Waals surface area contributed by atoms with E-state index in [1.54, 1.807) is 0 Å². The van der Waals surface area contributed by atoms with Crippen LogP contribution in [0.1, 0.15) is 23.3 Å². The Balaban J connectivity index is 0.00000176. The summed E-state index contributed by atoms with van der Waals surface area (Å²) in [5.74, 6) is 0.948. The molecule has 1 fully saturated rings. The highest BCUT2D eigenvalue weighted by Crippen LogP contribution is 2.24. The lowest BCUT2D eigenvalue weighted by Gasteiger charge is -2.34. The highest BCUT2D eigenvalue weighted by atomic mass is 35.5. The fraction of sp³-hybridized carbons (Fsp3) is 0.357. The molecule has 22 heavy (non-hydrogen) atoms. The standard InChI is InChI=1S/C14H17N5O2.ClH/c15-8-12-17-11(18-21-12)9-19-7-6-16-14(20)13(19)10-4-2-1-3-5-10;/h1-5,13H,6-9,15H2,(H,16,20);1H. The van der Waals surface area contributed by atoms with Crippen LogP contribution in [0.5, 0.6) is 0 Å².